The molecule has 1 saturated heterocycles. The number of hydrogen-bond donors (Lipinski definition) is 0. The molecule has 24 heavy (non-hydrogen) atoms. The molecule has 3 heteroatoms. The number of fused-ring (bicyclic) bond motifs is 1. The molecule has 0 amide bonds. The van der Waals surface area contributed by atoms with Crippen molar-refractivity contribution in [1.82, 2.24) is 4.90 Å². The van der Waals surface area contributed by atoms with Gasteiger partial charge in [0.25, 0.3) is 0 Å². The summed E-state index contributed by atoms with van der Waals surface area (Å²) >= 11 is 6.33. The number of halogens is 1. The zero-order chi connectivity index (χ0) is 16.4. The highest BCUT2D eigenvalue weighted by Crippen LogP contribution is 2.27. The van der Waals surface area contributed by atoms with Crippen molar-refractivity contribution < 1.29 is 0 Å². The maximum absolute atomic E-state index is 6.33. The fraction of sp³-hybridized carbons (Fsp3) is 0.238. The monoisotopic (exact) mass is 336 g/mol. The largest absolute Gasteiger partial charge is 0.368 e. The van der Waals surface area contributed by atoms with E-state index in [0.717, 1.165) is 43.4 Å². The van der Waals surface area contributed by atoms with Crippen LogP contribution in [0.4, 0.5) is 5.69 Å². The Morgan fingerprint density at radius 2 is 1.46 bits per heavy atom. The zero-order valence-corrected chi connectivity index (χ0v) is 14.4. The second kappa shape index (κ2) is 6.84. The lowest BCUT2D eigenvalue weighted by Crippen LogP contribution is -2.46. The van der Waals surface area contributed by atoms with Gasteiger partial charge in [0.2, 0.25) is 0 Å². The smallest absolute Gasteiger partial charge is 0.0639 e. The average Bonchev–Trinajstić information content (AvgIpc) is 2.63. The summed E-state index contributed by atoms with van der Waals surface area (Å²) in [5.41, 5.74) is 2.57. The Kier molecular flexibility index (Phi) is 4.42. The predicted octanol–water partition coefficient (Wildman–Crippen LogP) is 4.82. The van der Waals surface area contributed by atoms with Gasteiger partial charge in [0, 0.05) is 32.7 Å². The summed E-state index contributed by atoms with van der Waals surface area (Å²) < 4.78 is 0. The van der Waals surface area contributed by atoms with Crippen LogP contribution in [0.5, 0.6) is 0 Å². The fourth-order valence-corrected chi connectivity index (χ4v) is 3.78. The summed E-state index contributed by atoms with van der Waals surface area (Å²) in [5.74, 6) is 0. The van der Waals surface area contributed by atoms with Crippen molar-refractivity contribution in [2.45, 2.75) is 6.54 Å². The van der Waals surface area contributed by atoms with Crippen LogP contribution in [0.3, 0.4) is 0 Å². The second-order valence-electron chi connectivity index (χ2n) is 6.35. The molecular weight excluding hydrogens is 316 g/mol. The summed E-state index contributed by atoms with van der Waals surface area (Å²) in [6.45, 7) is 5.18. The number of piperazine rings is 1. The number of anilines is 1. The molecule has 2 nitrogen and oxygen atoms in total. The Morgan fingerprint density at radius 1 is 0.750 bits per heavy atom. The third-order valence-electron chi connectivity index (χ3n) is 4.84. The van der Waals surface area contributed by atoms with Crippen LogP contribution in [-0.2, 0) is 6.54 Å². The van der Waals surface area contributed by atoms with Gasteiger partial charge in [-0.05, 0) is 28.5 Å². The SMILES string of the molecule is Clc1ccccc1N1CCN(Cc2cccc3ccccc23)CC1. The summed E-state index contributed by atoms with van der Waals surface area (Å²) in [4.78, 5) is 4.93. The third-order valence-corrected chi connectivity index (χ3v) is 5.16. The van der Waals surface area contributed by atoms with Crippen LogP contribution in [-0.4, -0.2) is 31.1 Å². The van der Waals surface area contributed by atoms with Crippen LogP contribution < -0.4 is 4.90 Å². The summed E-state index contributed by atoms with van der Waals surface area (Å²) in [6, 6.07) is 23.4. The Labute approximate surface area is 148 Å². The quantitative estimate of drug-likeness (QED) is 0.677. The second-order valence-corrected chi connectivity index (χ2v) is 6.76. The van der Waals surface area contributed by atoms with Gasteiger partial charge >= 0.3 is 0 Å². The van der Waals surface area contributed by atoms with Gasteiger partial charge < -0.3 is 4.90 Å². The Morgan fingerprint density at radius 3 is 2.29 bits per heavy atom. The van der Waals surface area contributed by atoms with Gasteiger partial charge in [0.15, 0.2) is 0 Å². The molecule has 0 radical (unpaired) electrons. The molecule has 0 saturated carbocycles. The van der Waals surface area contributed by atoms with Crippen molar-refractivity contribution in [2.24, 2.45) is 0 Å². The van der Waals surface area contributed by atoms with E-state index in [1.165, 1.54) is 16.3 Å². The number of para-hydroxylation sites is 1. The summed E-state index contributed by atoms with van der Waals surface area (Å²) in [6.07, 6.45) is 0. The molecule has 0 N–H and O–H groups in total. The molecule has 4 rings (SSSR count). The molecule has 3 aromatic rings. The van der Waals surface area contributed by atoms with Crippen LogP contribution in [0, 0.1) is 0 Å². The van der Waals surface area contributed by atoms with Gasteiger partial charge in [-0.3, -0.25) is 4.90 Å². The van der Waals surface area contributed by atoms with Gasteiger partial charge in [-0.15, -0.1) is 0 Å². The summed E-state index contributed by atoms with van der Waals surface area (Å²) in [5, 5.41) is 3.54. The van der Waals surface area contributed by atoms with E-state index in [9.17, 15) is 0 Å². The minimum absolute atomic E-state index is 0.847. The van der Waals surface area contributed by atoms with Crippen molar-refractivity contribution in [3.8, 4) is 0 Å². The van der Waals surface area contributed by atoms with Crippen molar-refractivity contribution in [2.75, 3.05) is 31.1 Å². The normalized spacial score (nSPS) is 15.8. The van der Waals surface area contributed by atoms with Gasteiger partial charge in [0.1, 0.15) is 0 Å². The van der Waals surface area contributed by atoms with Crippen LogP contribution in [0.1, 0.15) is 5.56 Å². The minimum atomic E-state index is 0.847. The lowest BCUT2D eigenvalue weighted by molar-refractivity contribution is 0.251. The first kappa shape index (κ1) is 15.5. The number of nitrogens with zero attached hydrogens (tertiary/aromatic N) is 2. The number of hydrogen-bond acceptors (Lipinski definition) is 2. The molecule has 0 aromatic heterocycles. The highest BCUT2D eigenvalue weighted by Gasteiger charge is 2.19. The van der Waals surface area contributed by atoms with E-state index < -0.39 is 0 Å². The van der Waals surface area contributed by atoms with E-state index in [-0.39, 0.29) is 0 Å². The fourth-order valence-electron chi connectivity index (χ4n) is 3.53. The predicted molar refractivity (Wildman–Crippen MR) is 103 cm³/mol. The van der Waals surface area contributed by atoms with Gasteiger partial charge in [-0.25, -0.2) is 0 Å². The molecule has 0 unspecified atom stereocenters. The Bertz CT molecular complexity index is 833. The van der Waals surface area contributed by atoms with E-state index in [0.29, 0.717) is 0 Å². The van der Waals surface area contributed by atoms with Crippen molar-refractivity contribution in [3.05, 3.63) is 77.3 Å². The molecule has 1 aliphatic heterocycles. The first-order valence-electron chi connectivity index (χ1n) is 8.50. The van der Waals surface area contributed by atoms with Crippen LogP contribution in [0.15, 0.2) is 66.7 Å². The van der Waals surface area contributed by atoms with Crippen molar-refractivity contribution in [3.63, 3.8) is 0 Å². The van der Waals surface area contributed by atoms with Gasteiger partial charge in [-0.1, -0.05) is 66.2 Å². The molecule has 1 heterocycles. The maximum Gasteiger partial charge on any atom is 0.0639 e. The Balaban J connectivity index is 1.46. The molecule has 1 fully saturated rings. The van der Waals surface area contributed by atoms with Crippen LogP contribution in [0.25, 0.3) is 10.8 Å². The zero-order valence-electron chi connectivity index (χ0n) is 13.7. The lowest BCUT2D eigenvalue weighted by Gasteiger charge is -2.36. The topological polar surface area (TPSA) is 6.48 Å². The maximum atomic E-state index is 6.33. The van der Waals surface area contributed by atoms with E-state index in [1.807, 2.05) is 12.1 Å². The summed E-state index contributed by atoms with van der Waals surface area (Å²) in [7, 11) is 0. The molecule has 0 aliphatic carbocycles. The first-order chi connectivity index (χ1) is 11.8. The highest BCUT2D eigenvalue weighted by molar-refractivity contribution is 6.33. The molecule has 122 valence electrons. The molecule has 0 bridgehead atoms. The molecule has 0 spiro atoms. The van der Waals surface area contributed by atoms with Crippen molar-refractivity contribution >= 4 is 28.1 Å². The van der Waals surface area contributed by atoms with E-state index >= 15 is 0 Å². The van der Waals surface area contributed by atoms with Gasteiger partial charge in [-0.2, -0.15) is 0 Å². The number of benzene rings is 3. The lowest BCUT2D eigenvalue weighted by atomic mass is 10.0. The number of rotatable bonds is 3. The van der Waals surface area contributed by atoms with E-state index in [2.05, 4.69) is 64.4 Å². The van der Waals surface area contributed by atoms with Crippen molar-refractivity contribution in [1.29, 1.82) is 0 Å². The first-order valence-corrected chi connectivity index (χ1v) is 8.87. The van der Waals surface area contributed by atoms with E-state index in [4.69, 9.17) is 11.6 Å². The van der Waals surface area contributed by atoms with Crippen LogP contribution >= 0.6 is 11.6 Å². The highest BCUT2D eigenvalue weighted by atomic mass is 35.5. The molecule has 3 aromatic carbocycles. The minimum Gasteiger partial charge on any atom is -0.368 e. The van der Waals surface area contributed by atoms with Crippen LogP contribution in [0.2, 0.25) is 5.02 Å². The molecule has 0 atom stereocenters. The third kappa shape index (κ3) is 3.12. The Hall–Kier alpha value is -2.03. The molecule has 1 aliphatic rings. The van der Waals surface area contributed by atoms with Gasteiger partial charge in [0.05, 0.1) is 10.7 Å². The average molecular weight is 337 g/mol. The molecular formula is C21H21ClN2. The van der Waals surface area contributed by atoms with E-state index in [1.54, 1.807) is 0 Å². The standard InChI is InChI=1S/C21H21ClN2/c22-20-10-3-4-11-21(20)24-14-12-23(13-15-24)16-18-8-5-7-17-6-1-2-9-19(17)18/h1-11H,12-16H2.